The van der Waals surface area contributed by atoms with Gasteiger partial charge in [0, 0.05) is 24.7 Å². The number of carbonyl (C=O) groups is 2. The van der Waals surface area contributed by atoms with Crippen molar-refractivity contribution >= 4 is 11.8 Å². The zero-order valence-electron chi connectivity index (χ0n) is 17.2. The fraction of sp³-hybridized carbons (Fsp3) is 0.565. The topological polar surface area (TPSA) is 83.8 Å². The van der Waals surface area contributed by atoms with Crippen LogP contribution in [0.15, 0.2) is 48.6 Å². The van der Waals surface area contributed by atoms with Crippen molar-refractivity contribution in [2.75, 3.05) is 7.11 Å². The minimum atomic E-state index is -0.971. The molecule has 156 valence electrons. The molecule has 1 aliphatic rings. The van der Waals surface area contributed by atoms with Gasteiger partial charge in [-0.1, -0.05) is 48.6 Å². The lowest BCUT2D eigenvalue weighted by atomic mass is 9.88. The number of aliphatic hydroxyl groups is 2. The van der Waals surface area contributed by atoms with Gasteiger partial charge in [-0.25, -0.2) is 0 Å². The number of Topliss-reactive ketones (excluding diaryl/α,β-unsaturated/α-hetero) is 1. The summed E-state index contributed by atoms with van der Waals surface area (Å²) >= 11 is 0. The van der Waals surface area contributed by atoms with E-state index in [0.717, 1.165) is 6.42 Å². The van der Waals surface area contributed by atoms with Gasteiger partial charge in [-0.15, -0.1) is 0 Å². The molecule has 1 aliphatic carbocycles. The summed E-state index contributed by atoms with van der Waals surface area (Å²) in [6.45, 7) is 3.64. The summed E-state index contributed by atoms with van der Waals surface area (Å²) in [6, 6.07) is 0. The number of methoxy groups -OCH3 is 1. The summed E-state index contributed by atoms with van der Waals surface area (Å²) in [4.78, 5) is 23.3. The molecule has 2 N–H and O–H groups in total. The zero-order valence-corrected chi connectivity index (χ0v) is 17.2. The van der Waals surface area contributed by atoms with Crippen LogP contribution in [0.1, 0.15) is 52.4 Å². The van der Waals surface area contributed by atoms with E-state index in [2.05, 4.69) is 4.74 Å². The van der Waals surface area contributed by atoms with E-state index in [1.807, 2.05) is 43.4 Å². The van der Waals surface area contributed by atoms with Crippen LogP contribution in [-0.2, 0) is 14.3 Å². The van der Waals surface area contributed by atoms with Crippen LogP contribution in [0.2, 0.25) is 0 Å². The Balaban J connectivity index is 2.55. The molecule has 0 saturated heterocycles. The maximum absolute atomic E-state index is 12.2. The highest BCUT2D eigenvalue weighted by molar-refractivity contribution is 5.84. The summed E-state index contributed by atoms with van der Waals surface area (Å²) in [5, 5.41) is 20.6. The molecule has 1 saturated carbocycles. The number of carbonyl (C=O) groups excluding carboxylic acids is 2. The molecule has 0 heterocycles. The number of ether oxygens (including phenoxy) is 1. The van der Waals surface area contributed by atoms with Crippen LogP contribution in [-0.4, -0.2) is 40.8 Å². The predicted molar refractivity (Wildman–Crippen MR) is 111 cm³/mol. The molecule has 5 nitrogen and oxygen atoms in total. The fourth-order valence-corrected chi connectivity index (χ4v) is 3.31. The summed E-state index contributed by atoms with van der Waals surface area (Å²) in [7, 11) is 1.37. The number of hydrogen-bond acceptors (Lipinski definition) is 5. The quantitative estimate of drug-likeness (QED) is 0.319. The third-order valence-electron chi connectivity index (χ3n) is 4.93. The first-order valence-electron chi connectivity index (χ1n) is 9.93. The molecule has 0 amide bonds. The third-order valence-corrected chi connectivity index (χ3v) is 4.93. The molecule has 28 heavy (non-hydrogen) atoms. The van der Waals surface area contributed by atoms with Gasteiger partial charge in [0.05, 0.1) is 18.8 Å². The van der Waals surface area contributed by atoms with Crippen molar-refractivity contribution in [3.8, 4) is 0 Å². The molecular formula is C23H34O5. The maximum Gasteiger partial charge on any atom is 0.305 e. The lowest BCUT2D eigenvalue weighted by Crippen LogP contribution is -2.21. The number of allylic oxidation sites excluding steroid dienone is 5. The van der Waals surface area contributed by atoms with Crippen molar-refractivity contribution in [2.45, 2.75) is 64.1 Å². The monoisotopic (exact) mass is 390 g/mol. The molecule has 0 aromatic carbocycles. The van der Waals surface area contributed by atoms with E-state index in [1.165, 1.54) is 7.11 Å². The summed E-state index contributed by atoms with van der Waals surface area (Å²) < 4.78 is 4.59. The molecule has 0 spiro atoms. The van der Waals surface area contributed by atoms with Crippen LogP contribution in [0, 0.1) is 11.8 Å². The molecule has 0 aromatic heterocycles. The molecule has 0 aliphatic heterocycles. The lowest BCUT2D eigenvalue weighted by molar-refractivity contribution is -0.140. The van der Waals surface area contributed by atoms with Gasteiger partial charge in [-0.3, -0.25) is 9.59 Å². The van der Waals surface area contributed by atoms with Crippen LogP contribution in [0.25, 0.3) is 0 Å². The minimum Gasteiger partial charge on any atom is -0.469 e. The smallest absolute Gasteiger partial charge is 0.305 e. The van der Waals surface area contributed by atoms with Crippen molar-refractivity contribution < 1.29 is 24.5 Å². The number of aliphatic hydroxyl groups excluding tert-OH is 1. The van der Waals surface area contributed by atoms with Gasteiger partial charge in [0.2, 0.25) is 0 Å². The minimum absolute atomic E-state index is 0.0878. The number of rotatable bonds is 11. The Morgan fingerprint density at radius 3 is 2.64 bits per heavy atom. The second kappa shape index (κ2) is 12.5. The first kappa shape index (κ1) is 24.1. The van der Waals surface area contributed by atoms with E-state index in [1.54, 1.807) is 19.1 Å². The van der Waals surface area contributed by atoms with Crippen LogP contribution in [0.4, 0.5) is 0 Å². The Hall–Kier alpha value is -1.98. The highest BCUT2D eigenvalue weighted by atomic mass is 16.5. The Labute approximate surface area is 168 Å². The van der Waals surface area contributed by atoms with Crippen LogP contribution < -0.4 is 0 Å². The number of hydrogen-bond donors (Lipinski definition) is 2. The van der Waals surface area contributed by atoms with Crippen molar-refractivity contribution in [1.29, 1.82) is 0 Å². The zero-order chi connectivity index (χ0) is 21.0. The van der Waals surface area contributed by atoms with Crippen molar-refractivity contribution in [3.63, 3.8) is 0 Å². The van der Waals surface area contributed by atoms with E-state index in [9.17, 15) is 19.8 Å². The van der Waals surface area contributed by atoms with Crippen LogP contribution in [0.5, 0.6) is 0 Å². The van der Waals surface area contributed by atoms with Gasteiger partial charge in [-0.2, -0.15) is 0 Å². The fourth-order valence-electron chi connectivity index (χ4n) is 3.31. The van der Waals surface area contributed by atoms with Gasteiger partial charge in [-0.05, 0) is 39.5 Å². The highest BCUT2D eigenvalue weighted by Crippen LogP contribution is 2.34. The Morgan fingerprint density at radius 1 is 1.25 bits per heavy atom. The molecule has 4 atom stereocenters. The molecule has 0 radical (unpaired) electrons. The summed E-state index contributed by atoms with van der Waals surface area (Å²) in [5.41, 5.74) is -0.971. The second-order valence-corrected chi connectivity index (χ2v) is 7.46. The summed E-state index contributed by atoms with van der Waals surface area (Å²) in [5.74, 6) is -0.573. The van der Waals surface area contributed by atoms with Crippen molar-refractivity contribution in [1.82, 2.24) is 0 Å². The molecular weight excluding hydrogens is 356 g/mol. The third kappa shape index (κ3) is 8.81. The van der Waals surface area contributed by atoms with Gasteiger partial charge >= 0.3 is 5.97 Å². The molecule has 1 rings (SSSR count). The van der Waals surface area contributed by atoms with Gasteiger partial charge in [0.25, 0.3) is 0 Å². The highest BCUT2D eigenvalue weighted by Gasteiger charge is 2.39. The Bertz CT molecular complexity index is 612. The van der Waals surface area contributed by atoms with E-state index >= 15 is 0 Å². The molecule has 5 heteroatoms. The number of ketones is 1. The first-order valence-corrected chi connectivity index (χ1v) is 9.93. The summed E-state index contributed by atoms with van der Waals surface area (Å²) in [6.07, 6.45) is 17.2. The normalized spacial score (nSPS) is 25.5. The van der Waals surface area contributed by atoms with Gasteiger partial charge < -0.3 is 14.9 Å². The molecule has 0 bridgehead atoms. The average Bonchev–Trinajstić information content (AvgIpc) is 2.91. The molecule has 0 aromatic rings. The van der Waals surface area contributed by atoms with Gasteiger partial charge in [0.1, 0.15) is 5.78 Å². The number of esters is 1. The van der Waals surface area contributed by atoms with E-state index in [-0.39, 0.29) is 30.0 Å². The standard InChI is InChI=1S/C23H34O5/c1-4-5-10-15-23(2,27)16-11-13-19-18(20(24)17-21(19)25)12-8-6-7-9-14-22(26)28-3/h4-7,10-11,13,15,18-19,21,25,27H,8-9,12,14,16-17H2,1-3H3/b5-4-,7-6-,13-11+,15-10+/t18-,19-,21-,23+/m1/s1. The predicted octanol–water partition coefficient (Wildman–Crippen LogP) is 3.67. The van der Waals surface area contributed by atoms with E-state index in [4.69, 9.17) is 0 Å². The molecule has 0 unspecified atom stereocenters. The van der Waals surface area contributed by atoms with Crippen LogP contribution in [0.3, 0.4) is 0 Å². The van der Waals surface area contributed by atoms with Crippen LogP contribution >= 0.6 is 0 Å². The Morgan fingerprint density at radius 2 is 1.96 bits per heavy atom. The first-order chi connectivity index (χ1) is 13.3. The van der Waals surface area contributed by atoms with Gasteiger partial charge in [0.15, 0.2) is 0 Å². The lowest BCUT2D eigenvalue weighted by Gasteiger charge is -2.19. The average molecular weight is 391 g/mol. The van der Waals surface area contributed by atoms with Crippen molar-refractivity contribution in [3.05, 3.63) is 48.6 Å². The Kier molecular flexibility index (Phi) is 10.7. The maximum atomic E-state index is 12.2. The van der Waals surface area contributed by atoms with E-state index < -0.39 is 11.7 Å². The SMILES string of the molecule is C/C=C\C=C\[C@](C)(O)C/C=C/[C@H]1[C@H](O)CC(=O)[C@@H]1CC/C=C\CCC(=O)OC. The van der Waals surface area contributed by atoms with Crippen molar-refractivity contribution in [2.24, 2.45) is 11.8 Å². The molecule has 1 fully saturated rings. The largest absolute Gasteiger partial charge is 0.469 e. The van der Waals surface area contributed by atoms with E-state index in [0.29, 0.717) is 25.7 Å². The second-order valence-electron chi connectivity index (χ2n) is 7.46.